The van der Waals surface area contributed by atoms with Gasteiger partial charge in [0.1, 0.15) is 5.82 Å². The van der Waals surface area contributed by atoms with Crippen molar-refractivity contribution in [1.82, 2.24) is 15.1 Å². The zero-order valence-corrected chi connectivity index (χ0v) is 14.2. The number of nitrogens with one attached hydrogen (secondary N) is 1. The Morgan fingerprint density at radius 3 is 2.80 bits per heavy atom. The largest absolute Gasteiger partial charge is 0.391 e. The van der Waals surface area contributed by atoms with E-state index in [-0.39, 0.29) is 23.7 Å². The predicted octanol–water partition coefficient (Wildman–Crippen LogP) is 1.66. The van der Waals surface area contributed by atoms with Gasteiger partial charge in [-0.1, -0.05) is 0 Å². The summed E-state index contributed by atoms with van der Waals surface area (Å²) in [6.45, 7) is 0.390. The Hall–Kier alpha value is -2.25. The number of nitrogens with two attached hydrogens (primary N) is 1. The van der Waals surface area contributed by atoms with Crippen LogP contribution in [-0.4, -0.2) is 45.3 Å². The molecule has 3 atom stereocenters. The number of nitrogens with zero attached hydrogens (tertiary/aromatic N) is 2. The average molecular weight is 346 g/mol. The summed E-state index contributed by atoms with van der Waals surface area (Å²) in [6, 6.07) is 5.89. The van der Waals surface area contributed by atoms with Gasteiger partial charge in [0.05, 0.1) is 18.0 Å². The first-order chi connectivity index (χ1) is 12.0. The molecule has 1 aromatic heterocycles. The lowest BCUT2D eigenvalue weighted by Crippen LogP contribution is -2.44. The van der Waals surface area contributed by atoms with Gasteiger partial charge >= 0.3 is 0 Å². The number of halogens is 1. The van der Waals surface area contributed by atoms with E-state index in [1.807, 2.05) is 0 Å². The second-order valence-corrected chi connectivity index (χ2v) is 6.71. The third-order valence-corrected chi connectivity index (χ3v) is 4.85. The van der Waals surface area contributed by atoms with Crippen LogP contribution >= 0.6 is 0 Å². The summed E-state index contributed by atoms with van der Waals surface area (Å²) in [4.78, 5) is 14.3. The summed E-state index contributed by atoms with van der Waals surface area (Å²) >= 11 is 0. The number of aromatic amines is 1. The number of aromatic nitrogens is 2. The standard InChI is InChI=1S/C18H23FN4O2/c1-23(18(25)12-4-7-15(20)16(24)8-12)10-13-9-21-22-17(13)11-2-5-14(19)6-3-11/h2-3,5-6,9,12,15-16,24H,4,7-8,10,20H2,1H3,(H,21,22)/t12-,15+,16+/m0/s1. The maximum absolute atomic E-state index is 13.1. The number of aliphatic hydroxyl groups is 1. The minimum absolute atomic E-state index is 0.00259. The molecule has 3 rings (SSSR count). The highest BCUT2D eigenvalue weighted by Gasteiger charge is 2.32. The molecule has 1 aliphatic carbocycles. The zero-order valence-electron chi connectivity index (χ0n) is 14.2. The van der Waals surface area contributed by atoms with Gasteiger partial charge in [0.25, 0.3) is 0 Å². The molecule has 1 aliphatic rings. The Balaban J connectivity index is 1.69. The summed E-state index contributed by atoms with van der Waals surface area (Å²) in [7, 11) is 1.74. The summed E-state index contributed by atoms with van der Waals surface area (Å²) in [5, 5.41) is 16.9. The fraction of sp³-hybridized carbons (Fsp3) is 0.444. The van der Waals surface area contributed by atoms with E-state index in [0.717, 1.165) is 16.8 Å². The molecule has 0 unspecified atom stereocenters. The Bertz CT molecular complexity index is 731. The summed E-state index contributed by atoms with van der Waals surface area (Å²) in [6.07, 6.45) is 2.80. The molecule has 1 aromatic carbocycles. The van der Waals surface area contributed by atoms with Gasteiger partial charge in [0.2, 0.25) is 5.91 Å². The number of hydrogen-bond acceptors (Lipinski definition) is 4. The quantitative estimate of drug-likeness (QED) is 0.785. The van der Waals surface area contributed by atoms with Gasteiger partial charge < -0.3 is 15.7 Å². The first-order valence-corrected chi connectivity index (χ1v) is 8.42. The van der Waals surface area contributed by atoms with E-state index >= 15 is 0 Å². The normalized spacial score (nSPS) is 23.4. The minimum Gasteiger partial charge on any atom is -0.391 e. The fourth-order valence-corrected chi connectivity index (χ4v) is 3.34. The maximum atomic E-state index is 13.1. The second-order valence-electron chi connectivity index (χ2n) is 6.71. The van der Waals surface area contributed by atoms with Crippen LogP contribution in [0.4, 0.5) is 4.39 Å². The smallest absolute Gasteiger partial charge is 0.225 e. The average Bonchev–Trinajstić information content (AvgIpc) is 3.05. The van der Waals surface area contributed by atoms with Crippen LogP contribution in [0.25, 0.3) is 11.3 Å². The third-order valence-electron chi connectivity index (χ3n) is 4.85. The second kappa shape index (κ2) is 7.33. The summed E-state index contributed by atoms with van der Waals surface area (Å²) in [5.41, 5.74) is 8.25. The molecule has 7 heteroatoms. The lowest BCUT2D eigenvalue weighted by Gasteiger charge is -2.32. The van der Waals surface area contributed by atoms with Crippen molar-refractivity contribution in [3.05, 3.63) is 41.8 Å². The molecule has 134 valence electrons. The molecule has 0 aliphatic heterocycles. The molecular weight excluding hydrogens is 323 g/mol. The van der Waals surface area contributed by atoms with E-state index in [4.69, 9.17) is 5.73 Å². The predicted molar refractivity (Wildman–Crippen MR) is 91.8 cm³/mol. The molecule has 2 aromatic rings. The first kappa shape index (κ1) is 17.6. The molecule has 0 bridgehead atoms. The topological polar surface area (TPSA) is 95.2 Å². The number of benzene rings is 1. The maximum Gasteiger partial charge on any atom is 0.225 e. The highest BCUT2D eigenvalue weighted by molar-refractivity contribution is 5.79. The lowest BCUT2D eigenvalue weighted by molar-refractivity contribution is -0.137. The van der Waals surface area contributed by atoms with Gasteiger partial charge in [-0.25, -0.2) is 4.39 Å². The van der Waals surface area contributed by atoms with Crippen LogP contribution in [0.15, 0.2) is 30.5 Å². The van der Waals surface area contributed by atoms with Gasteiger partial charge in [-0.15, -0.1) is 0 Å². The number of carbonyl (C=O) groups excluding carboxylic acids is 1. The van der Waals surface area contributed by atoms with Crippen molar-refractivity contribution in [2.75, 3.05) is 7.05 Å². The van der Waals surface area contributed by atoms with Crippen molar-refractivity contribution >= 4 is 5.91 Å². The number of amides is 1. The Morgan fingerprint density at radius 2 is 2.12 bits per heavy atom. The van der Waals surface area contributed by atoms with Crippen LogP contribution in [0.2, 0.25) is 0 Å². The van der Waals surface area contributed by atoms with Crippen LogP contribution in [0, 0.1) is 11.7 Å². The highest BCUT2D eigenvalue weighted by Crippen LogP contribution is 2.27. The number of carbonyl (C=O) groups is 1. The van der Waals surface area contributed by atoms with Crippen LogP contribution in [0.5, 0.6) is 0 Å². The van der Waals surface area contributed by atoms with E-state index in [1.165, 1.54) is 12.1 Å². The van der Waals surface area contributed by atoms with Gasteiger partial charge in [-0.05, 0) is 43.5 Å². The van der Waals surface area contributed by atoms with E-state index in [9.17, 15) is 14.3 Å². The highest BCUT2D eigenvalue weighted by atomic mass is 19.1. The fourth-order valence-electron chi connectivity index (χ4n) is 3.34. The van der Waals surface area contributed by atoms with Crippen LogP contribution < -0.4 is 5.73 Å². The molecule has 0 radical (unpaired) electrons. The third kappa shape index (κ3) is 3.88. The molecule has 0 spiro atoms. The lowest BCUT2D eigenvalue weighted by atomic mass is 9.83. The molecule has 4 N–H and O–H groups in total. The molecular formula is C18H23FN4O2. The van der Waals surface area contributed by atoms with Crippen molar-refractivity contribution in [3.8, 4) is 11.3 Å². The van der Waals surface area contributed by atoms with E-state index in [0.29, 0.717) is 25.8 Å². The van der Waals surface area contributed by atoms with E-state index < -0.39 is 6.10 Å². The van der Waals surface area contributed by atoms with Gasteiger partial charge in [0, 0.05) is 36.7 Å². The van der Waals surface area contributed by atoms with Crippen molar-refractivity contribution in [1.29, 1.82) is 0 Å². The van der Waals surface area contributed by atoms with Crippen molar-refractivity contribution in [3.63, 3.8) is 0 Å². The van der Waals surface area contributed by atoms with Crippen molar-refractivity contribution in [2.24, 2.45) is 11.7 Å². The van der Waals surface area contributed by atoms with Crippen LogP contribution in [0.1, 0.15) is 24.8 Å². The molecule has 1 amide bonds. The van der Waals surface area contributed by atoms with E-state index in [1.54, 1.807) is 30.3 Å². The summed E-state index contributed by atoms with van der Waals surface area (Å²) in [5.74, 6) is -0.510. The number of H-pyrrole nitrogens is 1. The molecule has 1 fully saturated rings. The Morgan fingerprint density at radius 1 is 1.40 bits per heavy atom. The van der Waals surface area contributed by atoms with Gasteiger partial charge in [0.15, 0.2) is 0 Å². The number of hydrogen-bond donors (Lipinski definition) is 3. The van der Waals surface area contributed by atoms with Gasteiger partial charge in [-0.2, -0.15) is 5.10 Å². The number of aliphatic hydroxyl groups excluding tert-OH is 1. The monoisotopic (exact) mass is 346 g/mol. The Labute approximate surface area is 145 Å². The number of rotatable bonds is 4. The molecule has 6 nitrogen and oxygen atoms in total. The van der Waals surface area contributed by atoms with Crippen molar-refractivity contribution in [2.45, 2.75) is 38.0 Å². The van der Waals surface area contributed by atoms with Crippen LogP contribution in [0.3, 0.4) is 0 Å². The summed E-state index contributed by atoms with van der Waals surface area (Å²) < 4.78 is 13.1. The minimum atomic E-state index is -0.625. The molecule has 1 saturated carbocycles. The molecule has 1 heterocycles. The van der Waals surface area contributed by atoms with Gasteiger partial charge in [-0.3, -0.25) is 9.89 Å². The zero-order chi connectivity index (χ0) is 18.0. The molecule has 25 heavy (non-hydrogen) atoms. The van der Waals surface area contributed by atoms with Crippen LogP contribution in [-0.2, 0) is 11.3 Å². The first-order valence-electron chi connectivity index (χ1n) is 8.42. The Kier molecular flexibility index (Phi) is 5.15. The molecule has 0 saturated heterocycles. The van der Waals surface area contributed by atoms with Crippen molar-refractivity contribution < 1.29 is 14.3 Å². The SMILES string of the molecule is CN(Cc1cn[nH]c1-c1ccc(F)cc1)C(=O)[C@H]1CC[C@@H](N)[C@H](O)C1. The van der Waals surface area contributed by atoms with E-state index in [2.05, 4.69) is 10.2 Å².